The molecule has 1 N–H and O–H groups in total. The predicted octanol–water partition coefficient (Wildman–Crippen LogP) is 3.50. The molecule has 0 fully saturated rings. The zero-order chi connectivity index (χ0) is 17.6. The Labute approximate surface area is 146 Å². The van der Waals surface area contributed by atoms with E-state index in [1.807, 2.05) is 55.8 Å². The molecule has 0 bridgehead atoms. The van der Waals surface area contributed by atoms with E-state index < -0.39 is 11.7 Å². The minimum Gasteiger partial charge on any atom is -0.497 e. The average molecular weight is 349 g/mol. The van der Waals surface area contributed by atoms with E-state index in [-0.39, 0.29) is 0 Å². The lowest BCUT2D eigenvalue weighted by Crippen LogP contribution is -2.33. The van der Waals surface area contributed by atoms with Crippen LogP contribution >= 0.6 is 11.8 Å². The Morgan fingerprint density at radius 1 is 1.29 bits per heavy atom. The van der Waals surface area contributed by atoms with Gasteiger partial charge in [0.2, 0.25) is 0 Å². The van der Waals surface area contributed by atoms with Crippen molar-refractivity contribution in [3.63, 3.8) is 0 Å². The Hall–Kier alpha value is -2.15. The second-order valence-electron chi connectivity index (χ2n) is 6.05. The van der Waals surface area contributed by atoms with Gasteiger partial charge in [0.05, 0.1) is 7.11 Å². The Bertz CT molecular complexity index is 662. The number of benzene rings is 1. The van der Waals surface area contributed by atoms with Crippen molar-refractivity contribution in [2.24, 2.45) is 0 Å². The van der Waals surface area contributed by atoms with E-state index in [9.17, 15) is 4.79 Å². The molecule has 0 aliphatic heterocycles. The summed E-state index contributed by atoms with van der Waals surface area (Å²) in [6.07, 6.45) is 3.26. The maximum atomic E-state index is 11.6. The zero-order valence-corrected chi connectivity index (χ0v) is 15.2. The number of nitrogens with one attached hydrogen (secondary N) is 1. The number of rotatable bonds is 6. The lowest BCUT2D eigenvalue weighted by Gasteiger charge is -2.19. The monoisotopic (exact) mass is 349 g/mol. The summed E-state index contributed by atoms with van der Waals surface area (Å²) in [7, 11) is 1.64. The van der Waals surface area contributed by atoms with E-state index in [4.69, 9.17) is 9.47 Å². The molecule has 7 heteroatoms. The number of imidazole rings is 1. The highest BCUT2D eigenvalue weighted by molar-refractivity contribution is 7.99. The van der Waals surface area contributed by atoms with Crippen LogP contribution in [0.3, 0.4) is 0 Å². The van der Waals surface area contributed by atoms with Gasteiger partial charge in [0.1, 0.15) is 11.4 Å². The Morgan fingerprint density at radius 2 is 2.00 bits per heavy atom. The number of hydrogen-bond acceptors (Lipinski definition) is 5. The lowest BCUT2D eigenvalue weighted by molar-refractivity contribution is 0.0531. The molecular formula is C17H23N3O3S. The van der Waals surface area contributed by atoms with E-state index in [1.165, 1.54) is 0 Å². The van der Waals surface area contributed by atoms with Crippen LogP contribution in [0.25, 0.3) is 5.69 Å². The van der Waals surface area contributed by atoms with E-state index in [1.54, 1.807) is 25.1 Å². The number of amides is 1. The van der Waals surface area contributed by atoms with Gasteiger partial charge in [-0.2, -0.15) is 0 Å². The highest BCUT2D eigenvalue weighted by Gasteiger charge is 2.15. The van der Waals surface area contributed by atoms with Gasteiger partial charge in [-0.15, -0.1) is 0 Å². The number of methoxy groups -OCH3 is 1. The summed E-state index contributed by atoms with van der Waals surface area (Å²) < 4.78 is 12.4. The highest BCUT2D eigenvalue weighted by atomic mass is 32.2. The van der Waals surface area contributed by atoms with Crippen LogP contribution < -0.4 is 10.1 Å². The Morgan fingerprint density at radius 3 is 2.62 bits per heavy atom. The molecule has 0 spiro atoms. The van der Waals surface area contributed by atoms with Gasteiger partial charge in [-0.1, -0.05) is 11.8 Å². The predicted molar refractivity (Wildman–Crippen MR) is 95.1 cm³/mol. The van der Waals surface area contributed by atoms with Gasteiger partial charge >= 0.3 is 6.09 Å². The van der Waals surface area contributed by atoms with E-state index >= 15 is 0 Å². The molecule has 2 rings (SSSR count). The summed E-state index contributed by atoms with van der Waals surface area (Å²) in [4.78, 5) is 16.0. The summed E-state index contributed by atoms with van der Waals surface area (Å²) in [5, 5.41) is 3.61. The third-order valence-electron chi connectivity index (χ3n) is 2.96. The molecule has 0 saturated carbocycles. The molecule has 24 heavy (non-hydrogen) atoms. The SMILES string of the molecule is COc1ccc(-n2ccnc2SCCNC(=O)OC(C)(C)C)cc1. The van der Waals surface area contributed by atoms with Crippen molar-refractivity contribution in [1.29, 1.82) is 0 Å². The number of carbonyl (C=O) groups is 1. The Balaban J connectivity index is 1.86. The fraction of sp³-hybridized carbons (Fsp3) is 0.412. The number of aromatic nitrogens is 2. The van der Waals surface area contributed by atoms with Gasteiger partial charge in [0.25, 0.3) is 0 Å². The number of alkyl carbamates (subject to hydrolysis) is 1. The molecule has 130 valence electrons. The standard InChI is InChI=1S/C17H23N3O3S/c1-17(2,3)23-16(21)19-10-12-24-15-18-9-11-20(15)13-5-7-14(22-4)8-6-13/h5-9,11H,10,12H2,1-4H3,(H,19,21). The number of carbonyl (C=O) groups excluding carboxylic acids is 1. The van der Waals surface area contributed by atoms with Crippen LogP contribution in [0.15, 0.2) is 41.8 Å². The summed E-state index contributed by atoms with van der Waals surface area (Å²) >= 11 is 1.57. The molecule has 0 aliphatic carbocycles. The molecule has 0 unspecified atom stereocenters. The summed E-state index contributed by atoms with van der Waals surface area (Å²) in [5.74, 6) is 1.52. The topological polar surface area (TPSA) is 65.4 Å². The molecule has 1 aromatic carbocycles. The summed E-state index contributed by atoms with van der Waals surface area (Å²) in [5.41, 5.74) is 0.526. The van der Waals surface area contributed by atoms with Gasteiger partial charge in [-0.25, -0.2) is 9.78 Å². The van der Waals surface area contributed by atoms with Crippen LogP contribution in [0, 0.1) is 0 Å². The minimum atomic E-state index is -0.484. The van der Waals surface area contributed by atoms with Gasteiger partial charge < -0.3 is 14.8 Å². The van der Waals surface area contributed by atoms with Crippen molar-refractivity contribution in [2.75, 3.05) is 19.4 Å². The van der Waals surface area contributed by atoms with Crippen molar-refractivity contribution in [2.45, 2.75) is 31.5 Å². The molecule has 0 aliphatic rings. The van der Waals surface area contributed by atoms with E-state index in [0.29, 0.717) is 12.3 Å². The quantitative estimate of drug-likeness (QED) is 0.639. The van der Waals surface area contributed by atoms with Crippen molar-refractivity contribution in [3.8, 4) is 11.4 Å². The third kappa shape index (κ3) is 5.49. The Kier molecular flexibility index (Phi) is 6.14. The van der Waals surface area contributed by atoms with Gasteiger partial charge in [0, 0.05) is 30.4 Å². The molecule has 1 amide bonds. The van der Waals surface area contributed by atoms with Crippen LogP contribution in [0.1, 0.15) is 20.8 Å². The second-order valence-corrected chi connectivity index (χ2v) is 7.12. The average Bonchev–Trinajstić information content (AvgIpc) is 2.98. The molecule has 1 heterocycles. The zero-order valence-electron chi connectivity index (χ0n) is 14.4. The van der Waals surface area contributed by atoms with Crippen LogP contribution in [0.2, 0.25) is 0 Å². The number of nitrogens with zero attached hydrogens (tertiary/aromatic N) is 2. The van der Waals surface area contributed by atoms with Crippen LogP contribution in [0.5, 0.6) is 5.75 Å². The first-order valence-electron chi connectivity index (χ1n) is 7.66. The van der Waals surface area contributed by atoms with Gasteiger partial charge in [0.15, 0.2) is 5.16 Å². The van der Waals surface area contributed by atoms with Crippen LogP contribution in [0.4, 0.5) is 4.79 Å². The normalized spacial score (nSPS) is 11.2. The van der Waals surface area contributed by atoms with Crippen molar-refractivity contribution in [1.82, 2.24) is 14.9 Å². The number of thioether (sulfide) groups is 1. The maximum absolute atomic E-state index is 11.6. The molecule has 1 aromatic heterocycles. The fourth-order valence-electron chi connectivity index (χ4n) is 1.95. The summed E-state index contributed by atoms with van der Waals surface area (Å²) in [6, 6.07) is 7.77. The second kappa shape index (κ2) is 8.10. The molecule has 0 saturated heterocycles. The molecular weight excluding hydrogens is 326 g/mol. The first-order valence-corrected chi connectivity index (χ1v) is 8.65. The largest absolute Gasteiger partial charge is 0.497 e. The maximum Gasteiger partial charge on any atom is 0.407 e. The third-order valence-corrected chi connectivity index (χ3v) is 3.93. The molecule has 2 aromatic rings. The van der Waals surface area contributed by atoms with E-state index in [0.717, 1.165) is 16.6 Å². The van der Waals surface area contributed by atoms with Gasteiger partial charge in [-0.05, 0) is 45.0 Å². The smallest absolute Gasteiger partial charge is 0.407 e. The van der Waals surface area contributed by atoms with Gasteiger partial charge in [-0.3, -0.25) is 4.57 Å². The lowest BCUT2D eigenvalue weighted by atomic mass is 10.2. The number of ether oxygens (including phenoxy) is 2. The van der Waals surface area contributed by atoms with E-state index in [2.05, 4.69) is 10.3 Å². The fourth-order valence-corrected chi connectivity index (χ4v) is 2.77. The summed E-state index contributed by atoms with van der Waals surface area (Å²) in [6.45, 7) is 6.03. The minimum absolute atomic E-state index is 0.401. The van der Waals surface area contributed by atoms with Crippen LogP contribution in [-0.2, 0) is 4.74 Å². The van der Waals surface area contributed by atoms with Crippen LogP contribution in [-0.4, -0.2) is 40.7 Å². The molecule has 0 atom stereocenters. The van der Waals surface area contributed by atoms with Crippen molar-refractivity contribution >= 4 is 17.9 Å². The highest BCUT2D eigenvalue weighted by Crippen LogP contribution is 2.21. The molecule has 0 radical (unpaired) electrons. The first kappa shape index (κ1) is 18.2. The van der Waals surface area contributed by atoms with Crippen molar-refractivity contribution in [3.05, 3.63) is 36.7 Å². The molecule has 6 nitrogen and oxygen atoms in total. The van der Waals surface area contributed by atoms with Crippen molar-refractivity contribution < 1.29 is 14.3 Å². The number of hydrogen-bond donors (Lipinski definition) is 1. The first-order chi connectivity index (χ1) is 11.4.